The highest BCUT2D eigenvalue weighted by Gasteiger charge is 2.14. The van der Waals surface area contributed by atoms with E-state index in [2.05, 4.69) is 24.5 Å². The van der Waals surface area contributed by atoms with Crippen molar-refractivity contribution in [3.8, 4) is 0 Å². The Morgan fingerprint density at radius 1 is 0.905 bits per heavy atom. The van der Waals surface area contributed by atoms with Gasteiger partial charge in [-0.25, -0.2) is 0 Å². The number of piperidine rings is 1. The lowest BCUT2D eigenvalue weighted by Gasteiger charge is -2.27. The molecular formula is C19H40N2. The first-order valence-electron chi connectivity index (χ1n) is 9.83. The van der Waals surface area contributed by atoms with Crippen LogP contribution in [-0.2, 0) is 0 Å². The summed E-state index contributed by atoms with van der Waals surface area (Å²) in [6.07, 6.45) is 18.1. The molecule has 0 radical (unpaired) electrons. The maximum absolute atomic E-state index is 3.88. The minimum absolute atomic E-state index is 0.729. The topological polar surface area (TPSA) is 24.1 Å². The first-order valence-corrected chi connectivity index (χ1v) is 9.83. The SMILES string of the molecule is CCCCCCCC(CCCCC)NC[C@@H]1CCCCN1. The molecule has 1 aliphatic rings. The van der Waals surface area contributed by atoms with E-state index >= 15 is 0 Å². The quantitative estimate of drug-likeness (QED) is 0.466. The van der Waals surface area contributed by atoms with Gasteiger partial charge in [0.15, 0.2) is 0 Å². The Morgan fingerprint density at radius 2 is 1.57 bits per heavy atom. The molecule has 1 aliphatic heterocycles. The smallest absolute Gasteiger partial charge is 0.0192 e. The van der Waals surface area contributed by atoms with Gasteiger partial charge < -0.3 is 10.6 Å². The van der Waals surface area contributed by atoms with Crippen LogP contribution in [0.15, 0.2) is 0 Å². The molecule has 0 bridgehead atoms. The minimum atomic E-state index is 0.729. The Morgan fingerprint density at radius 3 is 2.24 bits per heavy atom. The van der Waals surface area contributed by atoms with Crippen molar-refractivity contribution in [2.24, 2.45) is 0 Å². The van der Waals surface area contributed by atoms with E-state index in [-0.39, 0.29) is 0 Å². The first kappa shape index (κ1) is 19.0. The van der Waals surface area contributed by atoms with Crippen LogP contribution >= 0.6 is 0 Å². The Kier molecular flexibility index (Phi) is 12.3. The summed E-state index contributed by atoms with van der Waals surface area (Å²) in [6.45, 7) is 7.01. The average Bonchev–Trinajstić information content (AvgIpc) is 2.53. The molecule has 1 heterocycles. The van der Waals surface area contributed by atoms with E-state index in [0.29, 0.717) is 0 Å². The molecule has 21 heavy (non-hydrogen) atoms. The van der Waals surface area contributed by atoms with Crippen molar-refractivity contribution >= 4 is 0 Å². The Balaban J connectivity index is 2.15. The number of unbranched alkanes of at least 4 members (excludes halogenated alkanes) is 6. The fourth-order valence-electron chi connectivity index (χ4n) is 3.39. The van der Waals surface area contributed by atoms with Gasteiger partial charge in [0.1, 0.15) is 0 Å². The highest BCUT2D eigenvalue weighted by atomic mass is 15.0. The fourth-order valence-corrected chi connectivity index (χ4v) is 3.39. The van der Waals surface area contributed by atoms with Crippen LogP contribution in [0.25, 0.3) is 0 Å². The van der Waals surface area contributed by atoms with E-state index in [9.17, 15) is 0 Å². The summed E-state index contributed by atoms with van der Waals surface area (Å²) in [7, 11) is 0. The van der Waals surface area contributed by atoms with Gasteiger partial charge in [-0.15, -0.1) is 0 Å². The lowest BCUT2D eigenvalue weighted by Crippen LogP contribution is -2.44. The van der Waals surface area contributed by atoms with Crippen molar-refractivity contribution in [3.05, 3.63) is 0 Å². The molecule has 1 rings (SSSR count). The molecule has 0 aromatic heterocycles. The van der Waals surface area contributed by atoms with Gasteiger partial charge in [0, 0.05) is 18.6 Å². The van der Waals surface area contributed by atoms with Crippen LogP contribution in [0.3, 0.4) is 0 Å². The molecule has 1 saturated heterocycles. The Bertz CT molecular complexity index is 212. The molecule has 0 aromatic carbocycles. The van der Waals surface area contributed by atoms with Gasteiger partial charge in [0.25, 0.3) is 0 Å². The molecule has 2 atom stereocenters. The zero-order valence-corrected chi connectivity index (χ0v) is 14.8. The third kappa shape index (κ3) is 10.3. The average molecular weight is 297 g/mol. The summed E-state index contributed by atoms with van der Waals surface area (Å²) in [4.78, 5) is 0. The van der Waals surface area contributed by atoms with Crippen molar-refractivity contribution in [3.63, 3.8) is 0 Å². The van der Waals surface area contributed by atoms with Crippen LogP contribution in [-0.4, -0.2) is 25.2 Å². The summed E-state index contributed by atoms with van der Waals surface area (Å²) in [6, 6.07) is 1.49. The van der Waals surface area contributed by atoms with Crippen LogP contribution in [0.1, 0.15) is 97.3 Å². The molecule has 2 N–H and O–H groups in total. The molecule has 2 heteroatoms. The van der Waals surface area contributed by atoms with Crippen molar-refractivity contribution in [1.29, 1.82) is 0 Å². The van der Waals surface area contributed by atoms with E-state index in [1.54, 1.807) is 0 Å². The van der Waals surface area contributed by atoms with Gasteiger partial charge in [-0.05, 0) is 32.2 Å². The maximum atomic E-state index is 3.88. The second kappa shape index (κ2) is 13.6. The van der Waals surface area contributed by atoms with Gasteiger partial charge in [0.2, 0.25) is 0 Å². The van der Waals surface area contributed by atoms with Gasteiger partial charge in [0.05, 0.1) is 0 Å². The third-order valence-electron chi connectivity index (χ3n) is 4.88. The molecule has 0 saturated carbocycles. The largest absolute Gasteiger partial charge is 0.313 e. The van der Waals surface area contributed by atoms with E-state index in [4.69, 9.17) is 0 Å². The predicted octanol–water partition coefficient (Wildman–Crippen LogP) is 5.03. The van der Waals surface area contributed by atoms with E-state index in [1.807, 2.05) is 0 Å². The summed E-state index contributed by atoms with van der Waals surface area (Å²) in [5.74, 6) is 0. The lowest BCUT2D eigenvalue weighted by atomic mass is 9.99. The van der Waals surface area contributed by atoms with Crippen LogP contribution in [0.5, 0.6) is 0 Å². The van der Waals surface area contributed by atoms with Crippen LogP contribution < -0.4 is 10.6 Å². The molecule has 126 valence electrons. The maximum Gasteiger partial charge on any atom is 0.0192 e. The van der Waals surface area contributed by atoms with Crippen molar-refractivity contribution in [2.75, 3.05) is 13.1 Å². The number of hydrogen-bond acceptors (Lipinski definition) is 2. The van der Waals surface area contributed by atoms with Gasteiger partial charge in [-0.2, -0.15) is 0 Å². The van der Waals surface area contributed by atoms with E-state index in [0.717, 1.165) is 12.1 Å². The highest BCUT2D eigenvalue weighted by Crippen LogP contribution is 2.13. The Hall–Kier alpha value is -0.0800. The second-order valence-corrected chi connectivity index (χ2v) is 6.95. The number of nitrogens with one attached hydrogen (secondary N) is 2. The normalized spacial score (nSPS) is 20.6. The standard InChI is InChI=1S/C19H40N2/c1-3-5-7-8-10-14-18(13-9-6-4-2)21-17-19-15-11-12-16-20-19/h18-21H,3-17H2,1-2H3/t18?,19-/m0/s1. The van der Waals surface area contributed by atoms with E-state index in [1.165, 1.54) is 96.6 Å². The number of hydrogen-bond donors (Lipinski definition) is 2. The summed E-state index contributed by atoms with van der Waals surface area (Å²) in [5, 5.41) is 7.54. The third-order valence-corrected chi connectivity index (χ3v) is 4.88. The zero-order valence-electron chi connectivity index (χ0n) is 14.8. The molecule has 2 nitrogen and oxygen atoms in total. The lowest BCUT2D eigenvalue weighted by molar-refractivity contribution is 0.344. The van der Waals surface area contributed by atoms with Gasteiger partial charge >= 0.3 is 0 Å². The molecule has 1 fully saturated rings. The van der Waals surface area contributed by atoms with Crippen LogP contribution in [0, 0.1) is 0 Å². The molecule has 0 aliphatic carbocycles. The summed E-state index contributed by atoms with van der Waals surface area (Å²) in [5.41, 5.74) is 0. The molecular weight excluding hydrogens is 256 g/mol. The monoisotopic (exact) mass is 296 g/mol. The predicted molar refractivity (Wildman–Crippen MR) is 95.0 cm³/mol. The first-order chi connectivity index (χ1) is 10.4. The van der Waals surface area contributed by atoms with Crippen LogP contribution in [0.2, 0.25) is 0 Å². The van der Waals surface area contributed by atoms with Crippen LogP contribution in [0.4, 0.5) is 0 Å². The second-order valence-electron chi connectivity index (χ2n) is 6.95. The van der Waals surface area contributed by atoms with E-state index < -0.39 is 0 Å². The summed E-state index contributed by atoms with van der Waals surface area (Å²) < 4.78 is 0. The van der Waals surface area contributed by atoms with Crippen molar-refractivity contribution in [2.45, 2.75) is 109 Å². The Labute approximate surface area is 133 Å². The van der Waals surface area contributed by atoms with Crippen molar-refractivity contribution in [1.82, 2.24) is 10.6 Å². The van der Waals surface area contributed by atoms with Gasteiger partial charge in [-0.1, -0.05) is 71.6 Å². The highest BCUT2D eigenvalue weighted by molar-refractivity contribution is 4.77. The zero-order chi connectivity index (χ0) is 15.2. The fraction of sp³-hybridized carbons (Fsp3) is 1.00. The number of rotatable bonds is 13. The molecule has 1 unspecified atom stereocenters. The minimum Gasteiger partial charge on any atom is -0.313 e. The van der Waals surface area contributed by atoms with Crippen molar-refractivity contribution < 1.29 is 0 Å². The molecule has 0 amide bonds. The summed E-state index contributed by atoms with van der Waals surface area (Å²) >= 11 is 0. The van der Waals surface area contributed by atoms with Gasteiger partial charge in [-0.3, -0.25) is 0 Å². The molecule has 0 spiro atoms. The molecule has 0 aromatic rings.